The van der Waals surface area contributed by atoms with Crippen molar-refractivity contribution in [3.63, 3.8) is 0 Å². The maximum atomic E-state index is 12.8. The van der Waals surface area contributed by atoms with Crippen LogP contribution in [0.2, 0.25) is 0 Å². The average molecular weight is 339 g/mol. The third kappa shape index (κ3) is 3.10. The average Bonchev–Trinajstić information content (AvgIpc) is 3.02. The number of hydrogen-bond acceptors (Lipinski definition) is 5. The maximum Gasteiger partial charge on any atom is 0.317 e. The molecular weight excluding hydrogens is 322 g/mol. The summed E-state index contributed by atoms with van der Waals surface area (Å²) >= 11 is 0. The molecule has 0 bridgehead atoms. The van der Waals surface area contributed by atoms with E-state index >= 15 is 0 Å². The van der Waals surface area contributed by atoms with E-state index < -0.39 is 0 Å². The molecule has 4 rings (SSSR count). The number of nitrogens with one attached hydrogen (secondary N) is 1. The van der Waals surface area contributed by atoms with E-state index in [9.17, 15) is 9.59 Å². The lowest BCUT2D eigenvalue weighted by molar-refractivity contribution is 0.0616. The van der Waals surface area contributed by atoms with Crippen LogP contribution in [-0.4, -0.2) is 63.9 Å². The summed E-state index contributed by atoms with van der Waals surface area (Å²) in [5, 5.41) is 2.81. The van der Waals surface area contributed by atoms with Crippen LogP contribution in [0.25, 0.3) is 0 Å². The molecule has 2 aromatic rings. The number of benzene rings is 1. The normalized spacial score (nSPS) is 19.4. The number of piperazine rings is 1. The van der Waals surface area contributed by atoms with Crippen LogP contribution >= 0.6 is 0 Å². The highest BCUT2D eigenvalue weighted by molar-refractivity contribution is 5.95. The van der Waals surface area contributed by atoms with Gasteiger partial charge in [0.25, 0.3) is 5.91 Å². The first-order chi connectivity index (χ1) is 12.2. The van der Waals surface area contributed by atoms with Gasteiger partial charge in [-0.2, -0.15) is 0 Å². The van der Waals surface area contributed by atoms with E-state index in [1.165, 1.54) is 6.20 Å². The predicted molar refractivity (Wildman–Crippen MR) is 88.3 cm³/mol. The van der Waals surface area contributed by atoms with Gasteiger partial charge in [0.2, 0.25) is 5.88 Å². The molecule has 0 radical (unpaired) electrons. The third-order valence-corrected chi connectivity index (χ3v) is 4.36. The van der Waals surface area contributed by atoms with Gasteiger partial charge in [0.1, 0.15) is 5.75 Å². The number of ether oxygens (including phenoxy) is 1. The number of fused-ring (bicyclic) bond motifs is 1. The Morgan fingerprint density at radius 1 is 1.28 bits per heavy atom. The summed E-state index contributed by atoms with van der Waals surface area (Å²) in [6, 6.07) is 7.00. The number of urea groups is 1. The summed E-state index contributed by atoms with van der Waals surface area (Å²) in [7, 11) is 0. The second-order valence-electron chi connectivity index (χ2n) is 5.96. The van der Waals surface area contributed by atoms with Gasteiger partial charge in [-0.05, 0) is 18.2 Å². The van der Waals surface area contributed by atoms with Gasteiger partial charge < -0.3 is 19.9 Å². The van der Waals surface area contributed by atoms with E-state index in [0.29, 0.717) is 43.4 Å². The Kier molecular flexibility index (Phi) is 3.93. The topological polar surface area (TPSA) is 87.7 Å². The first-order valence-electron chi connectivity index (χ1n) is 8.08. The predicted octanol–water partition coefficient (Wildman–Crippen LogP) is 1.12. The Balaban J connectivity index is 1.47. The van der Waals surface area contributed by atoms with Crippen molar-refractivity contribution >= 4 is 11.9 Å². The molecule has 128 valence electrons. The smallest absolute Gasteiger partial charge is 0.317 e. The van der Waals surface area contributed by atoms with Crippen molar-refractivity contribution in [2.24, 2.45) is 0 Å². The van der Waals surface area contributed by atoms with E-state index in [-0.39, 0.29) is 18.0 Å². The zero-order chi connectivity index (χ0) is 17.2. The van der Waals surface area contributed by atoms with Crippen molar-refractivity contribution in [3.8, 4) is 11.6 Å². The Labute approximate surface area is 144 Å². The van der Waals surface area contributed by atoms with Crippen molar-refractivity contribution in [2.75, 3.05) is 26.2 Å². The molecule has 2 aliphatic heterocycles. The highest BCUT2D eigenvalue weighted by Gasteiger charge is 2.37. The van der Waals surface area contributed by atoms with Gasteiger partial charge in [0.15, 0.2) is 0 Å². The molecule has 2 saturated heterocycles. The molecule has 0 aliphatic carbocycles. The van der Waals surface area contributed by atoms with Crippen molar-refractivity contribution in [1.29, 1.82) is 0 Å². The van der Waals surface area contributed by atoms with E-state index in [2.05, 4.69) is 15.3 Å². The minimum atomic E-state index is -0.0661. The van der Waals surface area contributed by atoms with Gasteiger partial charge in [-0.1, -0.05) is 6.07 Å². The van der Waals surface area contributed by atoms with E-state index in [0.717, 1.165) is 0 Å². The number of nitrogens with zero attached hydrogens (tertiary/aromatic N) is 4. The minimum Gasteiger partial charge on any atom is -0.437 e. The fourth-order valence-corrected chi connectivity index (χ4v) is 3.12. The van der Waals surface area contributed by atoms with Crippen LogP contribution in [0.15, 0.2) is 42.9 Å². The monoisotopic (exact) mass is 339 g/mol. The minimum absolute atomic E-state index is 0.0449. The Bertz CT molecular complexity index is 798. The number of hydrogen-bond donors (Lipinski definition) is 1. The lowest BCUT2D eigenvalue weighted by Gasteiger charge is -2.36. The number of aromatic nitrogens is 2. The molecule has 1 aromatic carbocycles. The highest BCUT2D eigenvalue weighted by Crippen LogP contribution is 2.22. The SMILES string of the molecule is O=C(c1cccc(Oc2cnccn2)c1)N1CCN2C(=O)NCC2C1. The standard InChI is InChI=1S/C17H17N5O3/c23-16(21-6-7-22-13(11-21)9-20-17(22)24)12-2-1-3-14(8-12)25-15-10-18-4-5-19-15/h1-5,8,10,13H,6-7,9,11H2,(H,20,24). The molecule has 8 nitrogen and oxygen atoms in total. The third-order valence-electron chi connectivity index (χ3n) is 4.36. The molecule has 8 heteroatoms. The second kappa shape index (κ2) is 6.39. The second-order valence-corrected chi connectivity index (χ2v) is 5.96. The van der Waals surface area contributed by atoms with Crippen LogP contribution < -0.4 is 10.1 Å². The number of amides is 3. The molecule has 1 unspecified atom stereocenters. The molecule has 2 fully saturated rings. The van der Waals surface area contributed by atoms with Crippen molar-refractivity contribution in [1.82, 2.24) is 25.1 Å². The zero-order valence-corrected chi connectivity index (χ0v) is 13.5. The van der Waals surface area contributed by atoms with Gasteiger partial charge in [-0.3, -0.25) is 9.78 Å². The first kappa shape index (κ1) is 15.4. The fourth-order valence-electron chi connectivity index (χ4n) is 3.12. The molecule has 1 N–H and O–H groups in total. The van der Waals surface area contributed by atoms with Crippen LogP contribution in [0.3, 0.4) is 0 Å². The maximum absolute atomic E-state index is 12.8. The number of carbonyl (C=O) groups is 2. The summed E-state index contributed by atoms with van der Waals surface area (Å²) < 4.78 is 5.63. The van der Waals surface area contributed by atoms with Gasteiger partial charge >= 0.3 is 6.03 Å². The Morgan fingerprint density at radius 2 is 2.20 bits per heavy atom. The van der Waals surface area contributed by atoms with Gasteiger partial charge in [-0.15, -0.1) is 0 Å². The van der Waals surface area contributed by atoms with Crippen molar-refractivity contribution < 1.29 is 14.3 Å². The molecule has 1 aromatic heterocycles. The van der Waals surface area contributed by atoms with Crippen LogP contribution in [-0.2, 0) is 0 Å². The first-order valence-corrected chi connectivity index (χ1v) is 8.08. The quantitative estimate of drug-likeness (QED) is 0.905. The lowest BCUT2D eigenvalue weighted by Crippen LogP contribution is -2.53. The van der Waals surface area contributed by atoms with Crippen LogP contribution in [0, 0.1) is 0 Å². The molecule has 1 atom stereocenters. The van der Waals surface area contributed by atoms with Crippen LogP contribution in [0.4, 0.5) is 4.79 Å². The van der Waals surface area contributed by atoms with Crippen LogP contribution in [0.1, 0.15) is 10.4 Å². The summed E-state index contributed by atoms with van der Waals surface area (Å²) in [5.74, 6) is 0.836. The molecular formula is C17H17N5O3. The highest BCUT2D eigenvalue weighted by atomic mass is 16.5. The summed E-state index contributed by atoms with van der Waals surface area (Å²) in [6.45, 7) is 2.20. The molecule has 3 heterocycles. The van der Waals surface area contributed by atoms with Gasteiger partial charge in [-0.25, -0.2) is 9.78 Å². The van der Waals surface area contributed by atoms with Crippen molar-refractivity contribution in [2.45, 2.75) is 6.04 Å². The Morgan fingerprint density at radius 3 is 3.04 bits per heavy atom. The van der Waals surface area contributed by atoms with E-state index in [4.69, 9.17) is 4.74 Å². The molecule has 2 aliphatic rings. The van der Waals surface area contributed by atoms with Crippen LogP contribution in [0.5, 0.6) is 11.6 Å². The lowest BCUT2D eigenvalue weighted by atomic mass is 10.1. The Hall–Kier alpha value is -3.16. The van der Waals surface area contributed by atoms with Crippen molar-refractivity contribution in [3.05, 3.63) is 48.4 Å². The van der Waals surface area contributed by atoms with E-state index in [1.807, 2.05) is 0 Å². The van der Waals surface area contributed by atoms with Gasteiger partial charge in [0, 0.05) is 44.1 Å². The summed E-state index contributed by atoms with van der Waals surface area (Å²) in [5.41, 5.74) is 0.548. The van der Waals surface area contributed by atoms with E-state index in [1.54, 1.807) is 46.5 Å². The molecule has 0 saturated carbocycles. The fraction of sp³-hybridized carbons (Fsp3) is 0.294. The molecule has 25 heavy (non-hydrogen) atoms. The largest absolute Gasteiger partial charge is 0.437 e. The molecule has 0 spiro atoms. The number of carbonyl (C=O) groups excluding carboxylic acids is 2. The zero-order valence-electron chi connectivity index (χ0n) is 13.5. The molecule has 3 amide bonds. The summed E-state index contributed by atoms with van der Waals surface area (Å²) in [6.07, 6.45) is 4.62. The summed E-state index contributed by atoms with van der Waals surface area (Å²) in [4.78, 5) is 36.0. The van der Waals surface area contributed by atoms with Gasteiger partial charge in [0.05, 0.1) is 12.2 Å². The number of rotatable bonds is 3.